The predicted molar refractivity (Wildman–Crippen MR) is 132 cm³/mol. The van der Waals surface area contributed by atoms with Crippen LogP contribution in [0.5, 0.6) is 0 Å². The second kappa shape index (κ2) is 6.88. The van der Waals surface area contributed by atoms with Crippen molar-refractivity contribution in [2.24, 2.45) is 56.2 Å². The summed E-state index contributed by atoms with van der Waals surface area (Å²) in [6, 6.07) is 0. The van der Waals surface area contributed by atoms with Crippen molar-refractivity contribution >= 4 is 11.8 Å². The molecule has 0 radical (unpaired) electrons. The zero-order chi connectivity index (χ0) is 24.2. The zero-order valence-electron chi connectivity index (χ0n) is 22.4. The van der Waals surface area contributed by atoms with Crippen LogP contribution in [-0.2, 0) is 9.59 Å². The van der Waals surface area contributed by atoms with E-state index in [-0.39, 0.29) is 38.9 Å². The molecule has 186 valence electrons. The average Bonchev–Trinajstić information content (AvgIpc) is 2.72. The molecule has 0 aromatic carbocycles. The Hall–Kier alpha value is -0.860. The molecule has 5 fully saturated rings. The lowest BCUT2D eigenvalue weighted by molar-refractivity contribution is -0.262. The minimum absolute atomic E-state index is 0.0795. The molecule has 5 aliphatic rings. The number of carbonyl (C=O) groups is 2. The van der Waals surface area contributed by atoms with Gasteiger partial charge in [0.05, 0.1) is 5.41 Å². The van der Waals surface area contributed by atoms with E-state index >= 15 is 0 Å². The van der Waals surface area contributed by atoms with Gasteiger partial charge in [-0.3, -0.25) is 9.59 Å². The fourth-order valence-corrected chi connectivity index (χ4v) is 11.2. The summed E-state index contributed by atoms with van der Waals surface area (Å²) in [5, 5.41) is 11.1. The van der Waals surface area contributed by atoms with Gasteiger partial charge in [0.15, 0.2) is 0 Å². The molecule has 33 heavy (non-hydrogen) atoms. The molecule has 3 heteroatoms. The van der Waals surface area contributed by atoms with Gasteiger partial charge in [-0.25, -0.2) is 0 Å². The molecule has 0 aliphatic heterocycles. The summed E-state index contributed by atoms with van der Waals surface area (Å²) in [6.45, 7) is 16.7. The molecule has 3 nitrogen and oxygen atoms in total. The number of Topliss-reactive ketones (excluding diaryl/α,β-unsaturated/α-hetero) is 1. The molecule has 5 aliphatic carbocycles. The Morgan fingerprint density at radius 1 is 0.788 bits per heavy atom. The number of fused-ring (bicyclic) bond motifs is 7. The average molecular weight is 457 g/mol. The number of rotatable bonds is 1. The van der Waals surface area contributed by atoms with E-state index in [1.54, 1.807) is 0 Å². The van der Waals surface area contributed by atoms with Crippen molar-refractivity contribution in [2.45, 2.75) is 119 Å². The summed E-state index contributed by atoms with van der Waals surface area (Å²) in [4.78, 5) is 26.2. The summed E-state index contributed by atoms with van der Waals surface area (Å²) in [6.07, 6.45) is 11.5. The molecule has 0 bridgehead atoms. The van der Waals surface area contributed by atoms with Crippen LogP contribution in [0.2, 0.25) is 0 Å². The van der Waals surface area contributed by atoms with Crippen molar-refractivity contribution in [3.8, 4) is 0 Å². The summed E-state index contributed by atoms with van der Waals surface area (Å²) < 4.78 is 0. The van der Waals surface area contributed by atoms with Gasteiger partial charge < -0.3 is 5.11 Å². The molecular formula is C30H48O3. The first-order chi connectivity index (χ1) is 15.2. The van der Waals surface area contributed by atoms with Crippen molar-refractivity contribution in [2.75, 3.05) is 0 Å². The predicted octanol–water partition coefficient (Wildman–Crippen LogP) is 7.52. The lowest BCUT2D eigenvalue weighted by Crippen LogP contribution is -2.70. The minimum atomic E-state index is -0.605. The molecule has 0 spiro atoms. The number of aliphatic carboxylic acids is 1. The van der Waals surface area contributed by atoms with E-state index in [9.17, 15) is 14.7 Å². The van der Waals surface area contributed by atoms with Crippen LogP contribution in [0.25, 0.3) is 0 Å². The summed E-state index contributed by atoms with van der Waals surface area (Å²) in [5.74, 6) is 1.35. The highest BCUT2D eigenvalue weighted by Crippen LogP contribution is 2.78. The quantitative estimate of drug-likeness (QED) is 0.444. The zero-order valence-corrected chi connectivity index (χ0v) is 22.4. The number of carboxylic acid groups (broad SMARTS) is 1. The van der Waals surface area contributed by atoms with Gasteiger partial charge in [-0.05, 0) is 109 Å². The van der Waals surface area contributed by atoms with Gasteiger partial charge in [0, 0.05) is 12.3 Å². The van der Waals surface area contributed by atoms with Gasteiger partial charge in [0.25, 0.3) is 0 Å². The van der Waals surface area contributed by atoms with Gasteiger partial charge in [0.2, 0.25) is 0 Å². The number of ketones is 1. The first-order valence-electron chi connectivity index (χ1n) is 13.9. The van der Waals surface area contributed by atoms with Crippen LogP contribution in [0.3, 0.4) is 0 Å². The van der Waals surface area contributed by atoms with Crippen LogP contribution >= 0.6 is 0 Å². The monoisotopic (exact) mass is 456 g/mol. The molecule has 0 saturated heterocycles. The fourth-order valence-electron chi connectivity index (χ4n) is 11.2. The Morgan fingerprint density at radius 3 is 2.12 bits per heavy atom. The molecule has 9 unspecified atom stereocenters. The summed E-state index contributed by atoms with van der Waals surface area (Å²) >= 11 is 0. The molecule has 5 saturated carbocycles. The maximum Gasteiger partial charge on any atom is 0.310 e. The molecule has 0 amide bonds. The number of hydrogen-bond acceptors (Lipinski definition) is 2. The van der Waals surface area contributed by atoms with E-state index in [2.05, 4.69) is 48.5 Å². The highest BCUT2D eigenvalue weighted by Gasteiger charge is 2.74. The largest absolute Gasteiger partial charge is 0.481 e. The van der Waals surface area contributed by atoms with Crippen molar-refractivity contribution < 1.29 is 14.7 Å². The third-order valence-electron chi connectivity index (χ3n) is 13.5. The Morgan fingerprint density at radius 2 is 1.45 bits per heavy atom. The highest BCUT2D eigenvalue weighted by molar-refractivity contribution is 5.82. The maximum atomic E-state index is 13.5. The Bertz CT molecular complexity index is 876. The molecular weight excluding hydrogens is 408 g/mol. The molecule has 0 heterocycles. The molecule has 0 aromatic rings. The lowest BCUT2D eigenvalue weighted by Gasteiger charge is -2.73. The van der Waals surface area contributed by atoms with Gasteiger partial charge in [-0.15, -0.1) is 0 Å². The fraction of sp³-hybridized carbons (Fsp3) is 0.933. The van der Waals surface area contributed by atoms with Crippen molar-refractivity contribution in [3.63, 3.8) is 0 Å². The van der Waals surface area contributed by atoms with E-state index in [1.807, 2.05) is 0 Å². The van der Waals surface area contributed by atoms with Gasteiger partial charge >= 0.3 is 5.97 Å². The van der Waals surface area contributed by atoms with E-state index in [0.717, 1.165) is 51.4 Å². The highest BCUT2D eigenvalue weighted by atomic mass is 16.4. The first kappa shape index (κ1) is 23.9. The topological polar surface area (TPSA) is 54.4 Å². The van der Waals surface area contributed by atoms with Crippen molar-refractivity contribution in [1.29, 1.82) is 0 Å². The normalized spacial score (nSPS) is 55.5. The Balaban J connectivity index is 1.61. The van der Waals surface area contributed by atoms with Crippen molar-refractivity contribution in [1.82, 2.24) is 0 Å². The van der Waals surface area contributed by atoms with Crippen LogP contribution in [0.1, 0.15) is 119 Å². The van der Waals surface area contributed by atoms with E-state index in [1.165, 1.54) is 19.3 Å². The van der Waals surface area contributed by atoms with Crippen LogP contribution in [0.15, 0.2) is 0 Å². The Labute approximate surface area is 201 Å². The molecule has 9 atom stereocenters. The van der Waals surface area contributed by atoms with Crippen molar-refractivity contribution in [3.05, 3.63) is 0 Å². The first-order valence-corrected chi connectivity index (χ1v) is 13.9. The molecule has 0 aromatic heterocycles. The van der Waals surface area contributed by atoms with E-state index < -0.39 is 11.4 Å². The van der Waals surface area contributed by atoms with Crippen LogP contribution in [-0.4, -0.2) is 16.9 Å². The third-order valence-corrected chi connectivity index (χ3v) is 13.5. The smallest absolute Gasteiger partial charge is 0.310 e. The van der Waals surface area contributed by atoms with Crippen LogP contribution in [0.4, 0.5) is 0 Å². The van der Waals surface area contributed by atoms with Gasteiger partial charge in [-0.2, -0.15) is 0 Å². The van der Waals surface area contributed by atoms with Gasteiger partial charge in [0.1, 0.15) is 5.78 Å². The maximum absolute atomic E-state index is 13.5. The molecule has 1 N–H and O–H groups in total. The summed E-state index contributed by atoms with van der Waals surface area (Å²) in [5.41, 5.74) is -0.142. The number of carboxylic acids is 1. The molecule has 5 rings (SSSR count). The minimum Gasteiger partial charge on any atom is -0.481 e. The lowest BCUT2D eigenvalue weighted by atomic mass is 9.29. The van der Waals surface area contributed by atoms with Crippen LogP contribution < -0.4 is 0 Å². The summed E-state index contributed by atoms with van der Waals surface area (Å²) in [7, 11) is 0. The SMILES string of the molecule is CC1C(=O)CCC2C1(C)CCC1C2(C)CCC2(C(=O)O)C3CC(C)(C)CCC3(C)CCC12C. The Kier molecular flexibility index (Phi) is 4.97. The second-order valence-electron chi connectivity index (χ2n) is 15.2. The standard InChI is InChI=1S/C30H48O3/c1-19-20(31)8-9-21-27(19,5)11-10-22-28(21,6)15-17-30(24(32)33)23-18-25(2,3)12-13-26(23,4)14-16-29(22,30)7/h19,21-23H,8-18H2,1-7H3,(H,32,33). The van der Waals surface area contributed by atoms with Crippen LogP contribution in [0, 0.1) is 56.2 Å². The van der Waals surface area contributed by atoms with Gasteiger partial charge in [-0.1, -0.05) is 48.5 Å². The second-order valence-corrected chi connectivity index (χ2v) is 15.2. The number of carbonyl (C=O) groups excluding carboxylic acids is 1. The third kappa shape index (κ3) is 2.80. The van der Waals surface area contributed by atoms with E-state index in [4.69, 9.17) is 0 Å². The number of hydrogen-bond donors (Lipinski definition) is 1. The van der Waals surface area contributed by atoms with E-state index in [0.29, 0.717) is 17.6 Å².